The average Bonchev–Trinajstić information content (AvgIpc) is 2.30. The van der Waals surface area contributed by atoms with Crippen LogP contribution >= 0.6 is 15.9 Å². The molecule has 102 valence electrons. The van der Waals surface area contributed by atoms with Crippen LogP contribution in [0.3, 0.4) is 0 Å². The molecule has 0 spiro atoms. The first-order chi connectivity index (χ1) is 8.47. The molecule has 0 radical (unpaired) electrons. The Morgan fingerprint density at radius 3 is 2.44 bits per heavy atom. The molecule has 0 saturated heterocycles. The Bertz CT molecular complexity index is 380. The summed E-state index contributed by atoms with van der Waals surface area (Å²) in [5, 5.41) is 9.57. The molecule has 0 aromatic heterocycles. The van der Waals surface area contributed by atoms with E-state index in [9.17, 15) is 5.11 Å². The summed E-state index contributed by atoms with van der Waals surface area (Å²) in [5.41, 5.74) is 2.05. The summed E-state index contributed by atoms with van der Waals surface area (Å²) in [6.07, 6.45) is -0.443. The first-order valence-electron chi connectivity index (χ1n) is 6.20. The summed E-state index contributed by atoms with van der Waals surface area (Å²) in [7, 11) is 1.71. The van der Waals surface area contributed by atoms with E-state index in [1.54, 1.807) is 14.0 Å². The number of aliphatic hydroxyl groups excluding tert-OH is 1. The van der Waals surface area contributed by atoms with Crippen molar-refractivity contribution in [2.45, 2.75) is 32.9 Å². The number of hydrogen-bond donors (Lipinski definition) is 1. The molecule has 1 unspecified atom stereocenters. The maximum absolute atomic E-state index is 9.57. The zero-order valence-corrected chi connectivity index (χ0v) is 13.1. The molecule has 0 bridgehead atoms. The van der Waals surface area contributed by atoms with Gasteiger partial charge in [-0.1, -0.05) is 6.07 Å². The van der Waals surface area contributed by atoms with Gasteiger partial charge in [-0.05, 0) is 54.4 Å². The highest BCUT2D eigenvalue weighted by Gasteiger charge is 2.14. The third-order valence-corrected chi connectivity index (χ3v) is 3.56. The lowest BCUT2D eigenvalue weighted by Gasteiger charge is -2.30. The van der Waals surface area contributed by atoms with Crippen LogP contribution in [-0.2, 0) is 4.74 Å². The molecule has 0 heterocycles. The van der Waals surface area contributed by atoms with Gasteiger partial charge in [-0.3, -0.25) is 0 Å². The van der Waals surface area contributed by atoms with Crippen LogP contribution in [0.5, 0.6) is 0 Å². The molecule has 0 amide bonds. The number of methoxy groups -OCH3 is 1. The van der Waals surface area contributed by atoms with E-state index in [-0.39, 0.29) is 0 Å². The van der Waals surface area contributed by atoms with Gasteiger partial charge in [-0.15, -0.1) is 0 Å². The second-order valence-electron chi connectivity index (χ2n) is 4.67. The topological polar surface area (TPSA) is 32.7 Å². The van der Waals surface area contributed by atoms with E-state index >= 15 is 0 Å². The number of nitrogens with zero attached hydrogens (tertiary/aromatic N) is 1. The van der Waals surface area contributed by atoms with Crippen molar-refractivity contribution in [3.63, 3.8) is 0 Å². The zero-order chi connectivity index (χ0) is 13.7. The first kappa shape index (κ1) is 15.5. The maximum Gasteiger partial charge on any atom is 0.0762 e. The van der Waals surface area contributed by atoms with Gasteiger partial charge in [0.15, 0.2) is 0 Å². The summed E-state index contributed by atoms with van der Waals surface area (Å²) in [4.78, 5) is 2.28. The van der Waals surface area contributed by atoms with Gasteiger partial charge >= 0.3 is 0 Å². The Morgan fingerprint density at radius 2 is 2.00 bits per heavy atom. The molecule has 18 heavy (non-hydrogen) atoms. The lowest BCUT2D eigenvalue weighted by molar-refractivity contribution is 0.199. The number of rotatable bonds is 6. The largest absolute Gasteiger partial charge is 0.389 e. The highest BCUT2D eigenvalue weighted by Crippen LogP contribution is 2.30. The Hall–Kier alpha value is -0.580. The second kappa shape index (κ2) is 7.12. The SMILES string of the molecule is COCCN(c1ccc(C(C)O)cc1Br)C(C)C. The third-order valence-electron chi connectivity index (χ3n) is 2.92. The van der Waals surface area contributed by atoms with Gasteiger partial charge in [-0.25, -0.2) is 0 Å². The minimum absolute atomic E-state index is 0.397. The van der Waals surface area contributed by atoms with Crippen LogP contribution in [0.2, 0.25) is 0 Å². The van der Waals surface area contributed by atoms with Gasteiger partial charge in [0.1, 0.15) is 0 Å². The van der Waals surface area contributed by atoms with E-state index in [4.69, 9.17) is 4.74 Å². The monoisotopic (exact) mass is 315 g/mol. The van der Waals surface area contributed by atoms with Crippen LogP contribution in [0, 0.1) is 0 Å². The third kappa shape index (κ3) is 3.97. The van der Waals surface area contributed by atoms with E-state index < -0.39 is 6.10 Å². The van der Waals surface area contributed by atoms with Crippen molar-refractivity contribution in [3.05, 3.63) is 28.2 Å². The van der Waals surface area contributed by atoms with Gasteiger partial charge in [-0.2, -0.15) is 0 Å². The molecule has 0 aliphatic rings. The normalized spacial score (nSPS) is 12.8. The number of benzene rings is 1. The summed E-state index contributed by atoms with van der Waals surface area (Å²) >= 11 is 3.58. The van der Waals surface area contributed by atoms with Crippen molar-refractivity contribution in [1.29, 1.82) is 0 Å². The van der Waals surface area contributed by atoms with Crippen LogP contribution in [-0.4, -0.2) is 31.4 Å². The van der Waals surface area contributed by atoms with Gasteiger partial charge in [0.2, 0.25) is 0 Å². The van der Waals surface area contributed by atoms with Crippen molar-refractivity contribution in [1.82, 2.24) is 0 Å². The first-order valence-corrected chi connectivity index (χ1v) is 6.99. The Balaban J connectivity index is 2.98. The molecular formula is C14H22BrNO2. The van der Waals surface area contributed by atoms with Crippen LogP contribution in [0.4, 0.5) is 5.69 Å². The molecule has 1 N–H and O–H groups in total. The van der Waals surface area contributed by atoms with Crippen LogP contribution < -0.4 is 4.90 Å². The molecule has 0 saturated carbocycles. The molecule has 0 aliphatic heterocycles. The Labute approximate surface area is 118 Å². The van der Waals surface area contributed by atoms with E-state index in [2.05, 4.69) is 34.7 Å². The van der Waals surface area contributed by atoms with Gasteiger partial charge in [0, 0.05) is 24.2 Å². The fourth-order valence-electron chi connectivity index (χ4n) is 1.86. The Morgan fingerprint density at radius 1 is 1.33 bits per heavy atom. The van der Waals surface area contributed by atoms with Gasteiger partial charge < -0.3 is 14.7 Å². The molecular weight excluding hydrogens is 294 g/mol. The highest BCUT2D eigenvalue weighted by atomic mass is 79.9. The Kier molecular flexibility index (Phi) is 6.12. The van der Waals surface area contributed by atoms with Crippen molar-refractivity contribution < 1.29 is 9.84 Å². The van der Waals surface area contributed by atoms with Crippen molar-refractivity contribution in [2.24, 2.45) is 0 Å². The lowest BCUT2D eigenvalue weighted by Crippen LogP contribution is -2.34. The molecule has 0 fully saturated rings. The molecule has 1 aromatic rings. The minimum atomic E-state index is -0.443. The molecule has 3 nitrogen and oxygen atoms in total. The molecule has 1 atom stereocenters. The maximum atomic E-state index is 9.57. The van der Waals surface area contributed by atoms with E-state index in [0.29, 0.717) is 12.6 Å². The molecule has 1 rings (SSSR count). The van der Waals surface area contributed by atoms with E-state index in [1.165, 1.54) is 0 Å². The minimum Gasteiger partial charge on any atom is -0.389 e. The number of halogens is 1. The van der Waals surface area contributed by atoms with Crippen molar-refractivity contribution in [3.8, 4) is 0 Å². The number of aliphatic hydroxyl groups is 1. The fraction of sp³-hybridized carbons (Fsp3) is 0.571. The molecule has 1 aromatic carbocycles. The van der Waals surface area contributed by atoms with E-state index in [0.717, 1.165) is 22.3 Å². The second-order valence-corrected chi connectivity index (χ2v) is 5.52. The summed E-state index contributed by atoms with van der Waals surface area (Å²) in [6.45, 7) is 7.63. The zero-order valence-electron chi connectivity index (χ0n) is 11.5. The van der Waals surface area contributed by atoms with Crippen LogP contribution in [0.1, 0.15) is 32.4 Å². The summed E-state index contributed by atoms with van der Waals surface area (Å²) in [5.74, 6) is 0. The van der Waals surface area contributed by atoms with E-state index in [1.807, 2.05) is 18.2 Å². The van der Waals surface area contributed by atoms with Crippen LogP contribution in [0.15, 0.2) is 22.7 Å². The standard InChI is InChI=1S/C14H22BrNO2/c1-10(2)16(7-8-18-4)14-6-5-12(11(3)17)9-13(14)15/h5-6,9-11,17H,7-8H2,1-4H3. The molecule has 4 heteroatoms. The summed E-state index contributed by atoms with van der Waals surface area (Å²) < 4.78 is 6.15. The molecule has 0 aliphatic carbocycles. The number of anilines is 1. The number of hydrogen-bond acceptors (Lipinski definition) is 3. The van der Waals surface area contributed by atoms with Crippen molar-refractivity contribution in [2.75, 3.05) is 25.2 Å². The smallest absolute Gasteiger partial charge is 0.0762 e. The summed E-state index contributed by atoms with van der Waals surface area (Å²) in [6, 6.07) is 6.38. The predicted octanol–water partition coefficient (Wildman–Crippen LogP) is 3.36. The highest BCUT2D eigenvalue weighted by molar-refractivity contribution is 9.10. The predicted molar refractivity (Wildman–Crippen MR) is 79.1 cm³/mol. The number of ether oxygens (including phenoxy) is 1. The van der Waals surface area contributed by atoms with Gasteiger partial charge in [0.25, 0.3) is 0 Å². The van der Waals surface area contributed by atoms with Crippen molar-refractivity contribution >= 4 is 21.6 Å². The lowest BCUT2D eigenvalue weighted by atomic mass is 10.1. The quantitative estimate of drug-likeness (QED) is 0.873. The average molecular weight is 316 g/mol. The van der Waals surface area contributed by atoms with Crippen LogP contribution in [0.25, 0.3) is 0 Å². The van der Waals surface area contributed by atoms with Gasteiger partial charge in [0.05, 0.1) is 18.4 Å². The fourth-order valence-corrected chi connectivity index (χ4v) is 2.49.